The highest BCUT2D eigenvalue weighted by atomic mass is 19.1. The number of hydrogen-bond acceptors (Lipinski definition) is 4. The second kappa shape index (κ2) is 7.99. The van der Waals surface area contributed by atoms with Crippen LogP contribution in [0.2, 0.25) is 0 Å². The van der Waals surface area contributed by atoms with Crippen LogP contribution in [0.5, 0.6) is 5.75 Å². The Labute approximate surface area is 124 Å². The SMILES string of the molecule is CCN1CCOC(COc2cc(F)cc(C#CCO)c2)C1. The number of hydrogen-bond donors (Lipinski definition) is 1. The van der Waals surface area contributed by atoms with E-state index in [1.807, 2.05) is 0 Å². The quantitative estimate of drug-likeness (QED) is 0.849. The molecule has 1 unspecified atom stereocenters. The molecule has 0 spiro atoms. The zero-order valence-electron chi connectivity index (χ0n) is 12.1. The fourth-order valence-electron chi connectivity index (χ4n) is 2.22. The van der Waals surface area contributed by atoms with E-state index in [2.05, 4.69) is 23.7 Å². The van der Waals surface area contributed by atoms with Crippen molar-refractivity contribution in [1.82, 2.24) is 4.90 Å². The van der Waals surface area contributed by atoms with Crippen LogP contribution in [0.4, 0.5) is 4.39 Å². The van der Waals surface area contributed by atoms with E-state index in [1.165, 1.54) is 12.1 Å². The van der Waals surface area contributed by atoms with Gasteiger partial charge >= 0.3 is 0 Å². The molecule has 21 heavy (non-hydrogen) atoms. The summed E-state index contributed by atoms with van der Waals surface area (Å²) >= 11 is 0. The van der Waals surface area contributed by atoms with Crippen molar-refractivity contribution in [2.45, 2.75) is 13.0 Å². The molecule has 1 aliphatic rings. The summed E-state index contributed by atoms with van der Waals surface area (Å²) in [6, 6.07) is 4.29. The summed E-state index contributed by atoms with van der Waals surface area (Å²) in [6.07, 6.45) is -0.00561. The molecular weight excluding hydrogens is 273 g/mol. The number of morpholine rings is 1. The lowest BCUT2D eigenvalue weighted by Crippen LogP contribution is -2.44. The Kier molecular flexibility index (Phi) is 6.00. The van der Waals surface area contributed by atoms with Gasteiger partial charge in [0, 0.05) is 24.7 Å². The highest BCUT2D eigenvalue weighted by Gasteiger charge is 2.19. The largest absolute Gasteiger partial charge is 0.491 e. The summed E-state index contributed by atoms with van der Waals surface area (Å²) in [5.74, 6) is 5.18. The molecule has 1 fully saturated rings. The zero-order chi connectivity index (χ0) is 15.1. The van der Waals surface area contributed by atoms with Crippen LogP contribution in [0.3, 0.4) is 0 Å². The van der Waals surface area contributed by atoms with Crippen LogP contribution in [-0.4, -0.2) is 55.6 Å². The van der Waals surface area contributed by atoms with E-state index in [-0.39, 0.29) is 12.7 Å². The fraction of sp³-hybridized carbons (Fsp3) is 0.500. The Balaban J connectivity index is 1.94. The minimum Gasteiger partial charge on any atom is -0.491 e. The lowest BCUT2D eigenvalue weighted by Gasteiger charge is -2.31. The molecule has 0 amide bonds. The molecular formula is C16H20FNO3. The van der Waals surface area contributed by atoms with Crippen molar-refractivity contribution in [3.8, 4) is 17.6 Å². The third-order valence-corrected chi connectivity index (χ3v) is 3.29. The predicted octanol–water partition coefficient (Wildman–Crippen LogP) is 1.27. The zero-order valence-corrected chi connectivity index (χ0v) is 12.1. The number of aliphatic hydroxyl groups is 1. The minimum atomic E-state index is -0.408. The second-order valence-corrected chi connectivity index (χ2v) is 4.83. The van der Waals surface area contributed by atoms with Gasteiger partial charge in [0.15, 0.2) is 0 Å². The first-order valence-corrected chi connectivity index (χ1v) is 7.08. The van der Waals surface area contributed by atoms with Gasteiger partial charge in [-0.25, -0.2) is 4.39 Å². The molecule has 0 aliphatic carbocycles. The molecule has 0 radical (unpaired) electrons. The Morgan fingerprint density at radius 3 is 3.10 bits per heavy atom. The van der Waals surface area contributed by atoms with Gasteiger partial charge in [-0.1, -0.05) is 18.8 Å². The second-order valence-electron chi connectivity index (χ2n) is 4.83. The topological polar surface area (TPSA) is 41.9 Å². The van der Waals surface area contributed by atoms with Crippen molar-refractivity contribution in [1.29, 1.82) is 0 Å². The van der Waals surface area contributed by atoms with Crippen LogP contribution in [0.15, 0.2) is 18.2 Å². The molecule has 1 atom stereocenters. The summed E-state index contributed by atoms with van der Waals surface area (Å²) in [4.78, 5) is 2.29. The van der Waals surface area contributed by atoms with Crippen LogP contribution in [-0.2, 0) is 4.74 Å². The minimum absolute atomic E-state index is 0.00561. The Hall–Kier alpha value is -1.61. The van der Waals surface area contributed by atoms with E-state index in [0.29, 0.717) is 24.5 Å². The van der Waals surface area contributed by atoms with Gasteiger partial charge in [-0.3, -0.25) is 4.90 Å². The molecule has 1 aliphatic heterocycles. The third-order valence-electron chi connectivity index (χ3n) is 3.29. The molecule has 0 bridgehead atoms. The molecule has 5 heteroatoms. The summed E-state index contributed by atoms with van der Waals surface area (Å²) in [7, 11) is 0. The van der Waals surface area contributed by atoms with Crippen LogP contribution >= 0.6 is 0 Å². The van der Waals surface area contributed by atoms with Gasteiger partial charge < -0.3 is 14.6 Å². The molecule has 1 saturated heterocycles. The summed E-state index contributed by atoms with van der Waals surface area (Å²) in [5, 5.41) is 8.67. The summed E-state index contributed by atoms with van der Waals surface area (Å²) in [5.41, 5.74) is 0.485. The number of ether oxygens (including phenoxy) is 2. The molecule has 2 rings (SSSR count). The van der Waals surface area contributed by atoms with E-state index in [4.69, 9.17) is 14.6 Å². The van der Waals surface area contributed by atoms with Gasteiger partial charge in [-0.15, -0.1) is 0 Å². The average Bonchev–Trinajstić information content (AvgIpc) is 2.50. The molecule has 114 valence electrons. The molecule has 0 aromatic heterocycles. The first-order valence-electron chi connectivity index (χ1n) is 7.08. The predicted molar refractivity (Wildman–Crippen MR) is 77.7 cm³/mol. The molecule has 0 saturated carbocycles. The van der Waals surface area contributed by atoms with Gasteiger partial charge in [-0.05, 0) is 18.7 Å². The van der Waals surface area contributed by atoms with E-state index in [9.17, 15) is 4.39 Å². The maximum Gasteiger partial charge on any atom is 0.128 e. The third kappa shape index (κ3) is 5.01. The number of nitrogens with zero attached hydrogens (tertiary/aromatic N) is 1. The van der Waals surface area contributed by atoms with Crippen molar-refractivity contribution in [2.75, 3.05) is 39.5 Å². The van der Waals surface area contributed by atoms with E-state index < -0.39 is 5.82 Å². The van der Waals surface area contributed by atoms with Crippen molar-refractivity contribution >= 4 is 0 Å². The first kappa shape index (κ1) is 15.8. The summed E-state index contributed by atoms with van der Waals surface area (Å²) < 4.78 is 24.7. The Bertz CT molecular complexity index is 524. The van der Waals surface area contributed by atoms with E-state index in [0.717, 1.165) is 19.6 Å². The van der Waals surface area contributed by atoms with Gasteiger partial charge in [0.25, 0.3) is 0 Å². The standard InChI is InChI=1S/C16H20FNO3/c1-2-18-5-7-20-16(11-18)12-21-15-9-13(4-3-6-19)8-14(17)10-15/h8-10,16,19H,2,5-7,11-12H2,1H3. The van der Waals surface area contributed by atoms with Crippen LogP contribution in [0, 0.1) is 17.7 Å². The Morgan fingerprint density at radius 2 is 2.33 bits per heavy atom. The number of benzene rings is 1. The van der Waals surface area contributed by atoms with E-state index >= 15 is 0 Å². The van der Waals surface area contributed by atoms with E-state index in [1.54, 1.807) is 6.07 Å². The maximum atomic E-state index is 13.5. The lowest BCUT2D eigenvalue weighted by atomic mass is 10.2. The Morgan fingerprint density at radius 1 is 1.48 bits per heavy atom. The highest BCUT2D eigenvalue weighted by Crippen LogP contribution is 2.17. The molecule has 1 N–H and O–H groups in total. The van der Waals surface area contributed by atoms with Crippen LogP contribution in [0.25, 0.3) is 0 Å². The van der Waals surface area contributed by atoms with Crippen LogP contribution < -0.4 is 4.74 Å². The number of aliphatic hydroxyl groups excluding tert-OH is 1. The molecule has 4 nitrogen and oxygen atoms in total. The molecule has 1 aromatic rings. The van der Waals surface area contributed by atoms with Gasteiger partial charge in [0.05, 0.1) is 6.61 Å². The van der Waals surface area contributed by atoms with Gasteiger partial charge in [0.2, 0.25) is 0 Å². The fourth-order valence-corrected chi connectivity index (χ4v) is 2.22. The summed E-state index contributed by atoms with van der Waals surface area (Å²) in [6.45, 7) is 5.68. The van der Waals surface area contributed by atoms with Gasteiger partial charge in [0.1, 0.15) is 30.9 Å². The number of rotatable bonds is 4. The number of halogens is 1. The van der Waals surface area contributed by atoms with Crippen LogP contribution in [0.1, 0.15) is 12.5 Å². The molecule has 1 heterocycles. The molecule has 1 aromatic carbocycles. The number of likely N-dealkylation sites (N-methyl/N-ethyl adjacent to an activating group) is 1. The first-order chi connectivity index (χ1) is 10.2. The van der Waals surface area contributed by atoms with Crippen molar-refractivity contribution in [3.05, 3.63) is 29.6 Å². The normalized spacial score (nSPS) is 18.9. The van der Waals surface area contributed by atoms with Crippen molar-refractivity contribution in [3.63, 3.8) is 0 Å². The van der Waals surface area contributed by atoms with Crippen molar-refractivity contribution < 1.29 is 19.0 Å². The monoisotopic (exact) mass is 293 g/mol. The maximum absolute atomic E-state index is 13.5. The average molecular weight is 293 g/mol. The lowest BCUT2D eigenvalue weighted by molar-refractivity contribution is -0.0464. The van der Waals surface area contributed by atoms with Crippen molar-refractivity contribution in [2.24, 2.45) is 0 Å². The highest BCUT2D eigenvalue weighted by molar-refractivity contribution is 5.40. The smallest absolute Gasteiger partial charge is 0.128 e. The van der Waals surface area contributed by atoms with Gasteiger partial charge in [-0.2, -0.15) is 0 Å².